The minimum atomic E-state index is -0.403. The third-order valence-corrected chi connectivity index (χ3v) is 5.27. The van der Waals surface area contributed by atoms with Crippen molar-refractivity contribution < 1.29 is 5.11 Å². The van der Waals surface area contributed by atoms with Crippen molar-refractivity contribution in [2.45, 2.75) is 58.5 Å². The molecule has 1 aliphatic rings. The van der Waals surface area contributed by atoms with E-state index in [2.05, 4.69) is 49.1 Å². The van der Waals surface area contributed by atoms with Gasteiger partial charge in [-0.25, -0.2) is 0 Å². The number of hydrogen-bond acceptors (Lipinski definition) is 2. The predicted molar refractivity (Wildman–Crippen MR) is 103 cm³/mol. The predicted octanol–water partition coefficient (Wildman–Crippen LogP) is 4.87. The van der Waals surface area contributed by atoms with Crippen LogP contribution in [0.15, 0.2) is 30.3 Å². The Bertz CT molecular complexity index is 673. The van der Waals surface area contributed by atoms with E-state index < -0.39 is 6.10 Å². The van der Waals surface area contributed by atoms with Gasteiger partial charge < -0.3 is 10.0 Å². The van der Waals surface area contributed by atoms with E-state index >= 15 is 0 Å². The molecule has 0 saturated heterocycles. The lowest BCUT2D eigenvalue weighted by atomic mass is 9.84. The average Bonchev–Trinajstić information content (AvgIpc) is 2.61. The molecule has 2 aromatic carbocycles. The standard InChI is InChI=1S/C22H31NO/c1-3-13-23(14-4-2)16-22(24)21-15-17-9-5-6-10-18(17)19-11-7-8-12-20(19)21/h7-8,11-12,15,22,24H,3-6,9-10,13-14,16H2,1-2H3. The zero-order valence-electron chi connectivity index (χ0n) is 15.2. The Morgan fingerprint density at radius 2 is 1.67 bits per heavy atom. The molecule has 130 valence electrons. The molecule has 2 aromatic rings. The number of fused-ring (bicyclic) bond motifs is 3. The first-order chi connectivity index (χ1) is 11.7. The summed E-state index contributed by atoms with van der Waals surface area (Å²) in [6, 6.07) is 11.0. The molecule has 0 spiro atoms. The fourth-order valence-corrected chi connectivity index (χ4v) is 4.20. The fraction of sp³-hybridized carbons (Fsp3) is 0.545. The molecule has 3 rings (SSSR count). The Morgan fingerprint density at radius 1 is 1.00 bits per heavy atom. The Balaban J connectivity index is 1.96. The number of nitrogens with zero attached hydrogens (tertiary/aromatic N) is 1. The summed E-state index contributed by atoms with van der Waals surface area (Å²) in [5, 5.41) is 13.6. The summed E-state index contributed by atoms with van der Waals surface area (Å²) < 4.78 is 0. The topological polar surface area (TPSA) is 23.5 Å². The summed E-state index contributed by atoms with van der Waals surface area (Å²) in [5.41, 5.74) is 4.11. The van der Waals surface area contributed by atoms with Gasteiger partial charge in [0.05, 0.1) is 6.10 Å². The summed E-state index contributed by atoms with van der Waals surface area (Å²) in [4.78, 5) is 2.40. The number of aliphatic hydroxyl groups excluding tert-OH is 1. The SMILES string of the molecule is CCCN(CCC)CC(O)c1cc2c(c3ccccc13)CCCC2. The molecule has 1 aliphatic carbocycles. The lowest BCUT2D eigenvalue weighted by Crippen LogP contribution is -2.30. The molecular weight excluding hydrogens is 294 g/mol. The van der Waals surface area contributed by atoms with Gasteiger partial charge in [-0.2, -0.15) is 0 Å². The van der Waals surface area contributed by atoms with Crippen molar-refractivity contribution in [3.05, 3.63) is 47.0 Å². The first-order valence-corrected chi connectivity index (χ1v) is 9.68. The Hall–Kier alpha value is -1.38. The number of hydrogen-bond donors (Lipinski definition) is 1. The minimum absolute atomic E-state index is 0.403. The molecule has 1 atom stereocenters. The molecule has 0 aliphatic heterocycles. The maximum atomic E-state index is 11.0. The number of aliphatic hydroxyl groups is 1. The van der Waals surface area contributed by atoms with E-state index in [0.29, 0.717) is 0 Å². The van der Waals surface area contributed by atoms with Crippen molar-refractivity contribution in [1.82, 2.24) is 4.90 Å². The van der Waals surface area contributed by atoms with Crippen LogP contribution in [0.3, 0.4) is 0 Å². The Kier molecular flexibility index (Phi) is 5.91. The molecule has 1 unspecified atom stereocenters. The lowest BCUT2D eigenvalue weighted by Gasteiger charge is -2.27. The molecular formula is C22H31NO. The normalized spacial score (nSPS) is 15.7. The van der Waals surface area contributed by atoms with Gasteiger partial charge in [0.1, 0.15) is 0 Å². The summed E-state index contributed by atoms with van der Waals surface area (Å²) >= 11 is 0. The van der Waals surface area contributed by atoms with Crippen LogP contribution in [-0.4, -0.2) is 29.6 Å². The van der Waals surface area contributed by atoms with Gasteiger partial charge in [0.15, 0.2) is 0 Å². The van der Waals surface area contributed by atoms with Crippen LogP contribution in [0.4, 0.5) is 0 Å². The van der Waals surface area contributed by atoms with Crippen LogP contribution in [0.2, 0.25) is 0 Å². The van der Waals surface area contributed by atoms with Gasteiger partial charge >= 0.3 is 0 Å². The van der Waals surface area contributed by atoms with Crippen molar-refractivity contribution in [3.63, 3.8) is 0 Å². The lowest BCUT2D eigenvalue weighted by molar-refractivity contribution is 0.114. The van der Waals surface area contributed by atoms with Gasteiger partial charge in [-0.05, 0) is 79.1 Å². The Morgan fingerprint density at radius 3 is 2.38 bits per heavy atom. The van der Waals surface area contributed by atoms with E-state index in [4.69, 9.17) is 0 Å². The number of benzene rings is 2. The van der Waals surface area contributed by atoms with Gasteiger partial charge in [-0.3, -0.25) is 0 Å². The largest absolute Gasteiger partial charge is 0.387 e. The first-order valence-electron chi connectivity index (χ1n) is 9.68. The van der Waals surface area contributed by atoms with Gasteiger partial charge in [0.25, 0.3) is 0 Å². The van der Waals surface area contributed by atoms with Crippen LogP contribution in [0.1, 0.15) is 62.3 Å². The van der Waals surface area contributed by atoms with Crippen LogP contribution in [0.5, 0.6) is 0 Å². The minimum Gasteiger partial charge on any atom is -0.387 e. The van der Waals surface area contributed by atoms with E-state index in [0.717, 1.165) is 44.5 Å². The monoisotopic (exact) mass is 325 g/mol. The summed E-state index contributed by atoms with van der Waals surface area (Å²) in [7, 11) is 0. The molecule has 0 saturated carbocycles. The van der Waals surface area contributed by atoms with Crippen LogP contribution < -0.4 is 0 Å². The van der Waals surface area contributed by atoms with Gasteiger partial charge in [0, 0.05) is 6.54 Å². The van der Waals surface area contributed by atoms with Gasteiger partial charge in [0.2, 0.25) is 0 Å². The zero-order valence-corrected chi connectivity index (χ0v) is 15.2. The molecule has 0 radical (unpaired) electrons. The van der Waals surface area contributed by atoms with Crippen LogP contribution >= 0.6 is 0 Å². The second-order valence-electron chi connectivity index (χ2n) is 7.17. The second kappa shape index (κ2) is 8.13. The number of rotatable bonds is 7. The van der Waals surface area contributed by atoms with Crippen LogP contribution in [0.25, 0.3) is 10.8 Å². The Labute approximate surface area is 146 Å². The van der Waals surface area contributed by atoms with E-state index in [1.54, 1.807) is 0 Å². The highest BCUT2D eigenvalue weighted by molar-refractivity contribution is 5.90. The van der Waals surface area contributed by atoms with E-state index in [-0.39, 0.29) is 0 Å². The average molecular weight is 325 g/mol. The van der Waals surface area contributed by atoms with E-state index in [1.165, 1.54) is 41.2 Å². The van der Waals surface area contributed by atoms with Gasteiger partial charge in [-0.15, -0.1) is 0 Å². The smallest absolute Gasteiger partial charge is 0.0923 e. The summed E-state index contributed by atoms with van der Waals surface area (Å²) in [6.07, 6.45) is 6.78. The fourth-order valence-electron chi connectivity index (χ4n) is 4.20. The van der Waals surface area contributed by atoms with Crippen LogP contribution in [-0.2, 0) is 12.8 Å². The van der Waals surface area contributed by atoms with Crippen molar-refractivity contribution >= 4 is 10.8 Å². The molecule has 2 heteroatoms. The summed E-state index contributed by atoms with van der Waals surface area (Å²) in [6.45, 7) is 7.29. The maximum Gasteiger partial charge on any atom is 0.0923 e. The quantitative estimate of drug-likeness (QED) is 0.784. The molecule has 2 nitrogen and oxygen atoms in total. The van der Waals surface area contributed by atoms with Crippen LogP contribution in [0, 0.1) is 0 Å². The molecule has 0 fully saturated rings. The number of aryl methyl sites for hydroxylation is 2. The third kappa shape index (κ3) is 3.65. The highest BCUT2D eigenvalue weighted by atomic mass is 16.3. The molecule has 0 heterocycles. The summed E-state index contributed by atoms with van der Waals surface area (Å²) in [5.74, 6) is 0. The van der Waals surface area contributed by atoms with E-state index in [9.17, 15) is 5.11 Å². The van der Waals surface area contributed by atoms with Crippen molar-refractivity contribution in [1.29, 1.82) is 0 Å². The highest BCUT2D eigenvalue weighted by Gasteiger charge is 2.20. The second-order valence-corrected chi connectivity index (χ2v) is 7.17. The highest BCUT2D eigenvalue weighted by Crippen LogP contribution is 2.34. The van der Waals surface area contributed by atoms with Crippen molar-refractivity contribution in [2.75, 3.05) is 19.6 Å². The molecule has 24 heavy (non-hydrogen) atoms. The van der Waals surface area contributed by atoms with Gasteiger partial charge in [-0.1, -0.05) is 44.2 Å². The molecule has 0 aromatic heterocycles. The first kappa shape index (κ1) is 17.4. The van der Waals surface area contributed by atoms with Crippen molar-refractivity contribution in [2.24, 2.45) is 0 Å². The molecule has 1 N–H and O–H groups in total. The van der Waals surface area contributed by atoms with Crippen molar-refractivity contribution in [3.8, 4) is 0 Å². The molecule has 0 bridgehead atoms. The third-order valence-electron chi connectivity index (χ3n) is 5.27. The molecule has 0 amide bonds. The zero-order chi connectivity index (χ0) is 16.9. The van der Waals surface area contributed by atoms with E-state index in [1.807, 2.05) is 0 Å². The maximum absolute atomic E-state index is 11.0.